The maximum absolute atomic E-state index is 7.00. The van der Waals surface area contributed by atoms with Gasteiger partial charge in [-0.2, -0.15) is 0 Å². The zero-order valence-electron chi connectivity index (χ0n) is 13.1. The normalized spacial score (nSPS) is 22.6. The molecule has 7 N–H and O–H groups in total. The largest absolute Gasteiger partial charge is 0.400 e. The summed E-state index contributed by atoms with van der Waals surface area (Å²) < 4.78 is 5.42. The Hall–Kier alpha value is -0.860. The van der Waals surface area contributed by atoms with Crippen LogP contribution in [0.3, 0.4) is 0 Å². The van der Waals surface area contributed by atoms with Gasteiger partial charge in [0.25, 0.3) is 0 Å². The molecule has 2 saturated heterocycles. The number of nitrogens with zero attached hydrogens (tertiary/aromatic N) is 2. The van der Waals surface area contributed by atoms with Crippen molar-refractivity contribution in [2.45, 2.75) is 37.8 Å². The van der Waals surface area contributed by atoms with Gasteiger partial charge in [0, 0.05) is 63.9 Å². The van der Waals surface area contributed by atoms with E-state index in [4.69, 9.17) is 27.2 Å². The molecule has 2 rings (SSSR count). The predicted octanol–water partition coefficient (Wildman–Crippen LogP) is -0.827. The number of likely N-dealkylation sites (tertiary alicyclic amines) is 1. The lowest BCUT2D eigenvalue weighted by Gasteiger charge is -2.41. The zero-order valence-corrected chi connectivity index (χ0v) is 13.1. The lowest BCUT2D eigenvalue weighted by atomic mass is 9.99. The molecule has 7 heteroatoms. The number of aliphatic hydroxyl groups is 1. The van der Waals surface area contributed by atoms with Gasteiger partial charge in [-0.1, -0.05) is 0 Å². The smallest absolute Gasteiger partial charge is 0.0480 e. The summed E-state index contributed by atoms with van der Waals surface area (Å²) in [6.45, 7) is 4.39. The first-order chi connectivity index (χ1) is 10.2. The Morgan fingerprint density at radius 2 is 1.81 bits per heavy atom. The van der Waals surface area contributed by atoms with Crippen molar-refractivity contribution in [1.29, 1.82) is 0 Å². The third kappa shape index (κ3) is 5.80. The van der Waals surface area contributed by atoms with Crippen molar-refractivity contribution < 1.29 is 9.84 Å². The highest BCUT2D eigenvalue weighted by molar-refractivity contribution is 4.98. The van der Waals surface area contributed by atoms with Crippen LogP contribution in [0.5, 0.6) is 0 Å². The molecule has 0 unspecified atom stereocenters. The minimum atomic E-state index is 0.356. The summed E-state index contributed by atoms with van der Waals surface area (Å²) in [6, 6.07) is 1.08. The summed E-state index contributed by atoms with van der Waals surface area (Å²) in [5.74, 6) is 6.03. The van der Waals surface area contributed by atoms with E-state index in [1.54, 1.807) is 11.2 Å². The fraction of sp³-hybridized carbons (Fsp3) is 0.857. The monoisotopic (exact) mass is 301 g/mol. The number of piperidine rings is 1. The van der Waals surface area contributed by atoms with Crippen LogP contribution in [0.1, 0.15) is 25.7 Å². The van der Waals surface area contributed by atoms with Crippen molar-refractivity contribution in [3.8, 4) is 0 Å². The first-order valence-corrected chi connectivity index (χ1v) is 7.66. The molecule has 124 valence electrons. The number of nitrogens with two attached hydrogens (primary N) is 3. The molecule has 2 fully saturated rings. The summed E-state index contributed by atoms with van der Waals surface area (Å²) in [5, 5.41) is 8.74. The Bertz CT molecular complexity index is 300. The van der Waals surface area contributed by atoms with Crippen molar-refractivity contribution >= 4 is 0 Å². The molecular formula is C14H31N5O2. The van der Waals surface area contributed by atoms with Gasteiger partial charge in [0.1, 0.15) is 0 Å². The van der Waals surface area contributed by atoms with Gasteiger partial charge in [-0.25, -0.2) is 5.84 Å². The number of hydrogen-bond donors (Lipinski definition) is 4. The molecular weight excluding hydrogens is 270 g/mol. The van der Waals surface area contributed by atoms with Gasteiger partial charge < -0.3 is 31.2 Å². The van der Waals surface area contributed by atoms with Crippen molar-refractivity contribution in [2.24, 2.45) is 17.3 Å². The fourth-order valence-corrected chi connectivity index (χ4v) is 2.95. The Kier molecular flexibility index (Phi) is 8.63. The van der Waals surface area contributed by atoms with Crippen molar-refractivity contribution in [3.05, 3.63) is 11.9 Å². The standard InChI is InChI=1S/C13H27N5O.CH4O/c14-9-11(15)10-18(16)13-1-5-17(6-2-13)12-3-7-19-8-4-12;1-2/h10,12-13H,1-9,14-16H2;2H,1H3/b11-10-;. The molecule has 2 aliphatic rings. The maximum Gasteiger partial charge on any atom is 0.0480 e. The van der Waals surface area contributed by atoms with Crippen LogP contribution in [-0.2, 0) is 4.74 Å². The van der Waals surface area contributed by atoms with Crippen LogP contribution >= 0.6 is 0 Å². The predicted molar refractivity (Wildman–Crippen MR) is 83.9 cm³/mol. The quantitative estimate of drug-likeness (QED) is 0.396. The van der Waals surface area contributed by atoms with E-state index in [1.807, 2.05) is 0 Å². The highest BCUT2D eigenvalue weighted by Gasteiger charge is 2.27. The summed E-state index contributed by atoms with van der Waals surface area (Å²) >= 11 is 0. The fourth-order valence-electron chi connectivity index (χ4n) is 2.95. The summed E-state index contributed by atoms with van der Waals surface area (Å²) in [4.78, 5) is 2.59. The third-order valence-electron chi connectivity index (χ3n) is 4.18. The third-order valence-corrected chi connectivity index (χ3v) is 4.18. The highest BCUT2D eigenvalue weighted by Crippen LogP contribution is 2.21. The second kappa shape index (κ2) is 9.97. The molecule has 2 aliphatic heterocycles. The van der Waals surface area contributed by atoms with Crippen molar-refractivity contribution in [1.82, 2.24) is 9.91 Å². The van der Waals surface area contributed by atoms with Gasteiger partial charge in [-0.15, -0.1) is 0 Å². The van der Waals surface area contributed by atoms with Crippen LogP contribution in [0.25, 0.3) is 0 Å². The second-order valence-corrected chi connectivity index (χ2v) is 5.47. The minimum Gasteiger partial charge on any atom is -0.400 e. The number of rotatable bonds is 4. The molecule has 0 saturated carbocycles. The van der Waals surface area contributed by atoms with E-state index in [0.29, 0.717) is 24.3 Å². The van der Waals surface area contributed by atoms with Gasteiger partial charge in [0.15, 0.2) is 0 Å². The van der Waals surface area contributed by atoms with Gasteiger partial charge in [-0.3, -0.25) is 0 Å². The van der Waals surface area contributed by atoms with Crippen LogP contribution in [0.4, 0.5) is 0 Å². The lowest BCUT2D eigenvalue weighted by molar-refractivity contribution is 0.0174. The Morgan fingerprint density at radius 3 is 2.33 bits per heavy atom. The molecule has 0 atom stereocenters. The van der Waals surface area contributed by atoms with E-state index >= 15 is 0 Å². The van der Waals surface area contributed by atoms with Crippen LogP contribution in [0.15, 0.2) is 11.9 Å². The van der Waals surface area contributed by atoms with Gasteiger partial charge in [-0.05, 0) is 25.7 Å². The van der Waals surface area contributed by atoms with E-state index in [1.165, 1.54) is 0 Å². The van der Waals surface area contributed by atoms with Gasteiger partial charge >= 0.3 is 0 Å². The Labute approximate surface area is 127 Å². The molecule has 0 aromatic carbocycles. The summed E-state index contributed by atoms with van der Waals surface area (Å²) in [6.07, 6.45) is 6.27. The molecule has 0 spiro atoms. The number of hydrazine groups is 1. The average molecular weight is 301 g/mol. The Balaban J connectivity index is 0.00000106. The van der Waals surface area contributed by atoms with E-state index in [-0.39, 0.29) is 0 Å². The SMILES string of the molecule is CO.NC/C(N)=C/N(N)C1CCN(C2CCOCC2)CC1. The maximum atomic E-state index is 7.00. The molecule has 0 aromatic heterocycles. The van der Waals surface area contributed by atoms with Crippen molar-refractivity contribution in [3.63, 3.8) is 0 Å². The van der Waals surface area contributed by atoms with Gasteiger partial charge in [0.2, 0.25) is 0 Å². The molecule has 2 heterocycles. The van der Waals surface area contributed by atoms with Crippen LogP contribution in [0, 0.1) is 0 Å². The average Bonchev–Trinajstić information content (AvgIpc) is 2.57. The first-order valence-electron chi connectivity index (χ1n) is 7.66. The molecule has 0 aliphatic carbocycles. The van der Waals surface area contributed by atoms with Crippen LogP contribution in [0.2, 0.25) is 0 Å². The first kappa shape index (κ1) is 18.2. The van der Waals surface area contributed by atoms with Crippen LogP contribution < -0.4 is 17.3 Å². The summed E-state index contributed by atoms with van der Waals surface area (Å²) in [5.41, 5.74) is 11.8. The minimum absolute atomic E-state index is 0.356. The lowest BCUT2D eigenvalue weighted by Crippen LogP contribution is -2.50. The number of ether oxygens (including phenoxy) is 1. The second-order valence-electron chi connectivity index (χ2n) is 5.47. The Morgan fingerprint density at radius 1 is 1.24 bits per heavy atom. The van der Waals surface area contributed by atoms with Gasteiger partial charge in [0.05, 0.1) is 0 Å². The summed E-state index contributed by atoms with van der Waals surface area (Å²) in [7, 11) is 1.00. The molecule has 0 amide bonds. The molecule has 7 nitrogen and oxygen atoms in total. The van der Waals surface area contributed by atoms with Crippen molar-refractivity contribution in [2.75, 3.05) is 40.0 Å². The highest BCUT2D eigenvalue weighted by atomic mass is 16.5. The topological polar surface area (TPSA) is 114 Å². The zero-order chi connectivity index (χ0) is 15.7. The van der Waals surface area contributed by atoms with E-state index < -0.39 is 0 Å². The molecule has 0 aromatic rings. The number of hydrogen-bond acceptors (Lipinski definition) is 7. The van der Waals surface area contributed by atoms with E-state index in [9.17, 15) is 0 Å². The van der Waals surface area contributed by atoms with E-state index in [2.05, 4.69) is 4.90 Å². The molecule has 0 radical (unpaired) electrons. The van der Waals surface area contributed by atoms with E-state index in [0.717, 1.165) is 59.1 Å². The van der Waals surface area contributed by atoms with Crippen LogP contribution in [-0.4, -0.2) is 67.1 Å². The number of aliphatic hydroxyl groups excluding tert-OH is 1. The molecule has 0 bridgehead atoms. The molecule has 21 heavy (non-hydrogen) atoms.